The summed E-state index contributed by atoms with van der Waals surface area (Å²) in [4.78, 5) is 0.402. The maximum Gasteiger partial charge on any atom is 0.0955 e. The Bertz CT molecular complexity index is 119. The van der Waals surface area contributed by atoms with Crippen LogP contribution in [0.4, 0.5) is 0 Å². The first-order valence-electron chi connectivity index (χ1n) is 4.68. The molecule has 0 amide bonds. The predicted molar refractivity (Wildman–Crippen MR) is 52.8 cm³/mol. The van der Waals surface area contributed by atoms with Crippen LogP contribution < -0.4 is 0 Å². The SMILES string of the molecule is CCCCCOC1COCC1Br. The van der Waals surface area contributed by atoms with Gasteiger partial charge in [-0.15, -0.1) is 0 Å². The van der Waals surface area contributed by atoms with Gasteiger partial charge in [0.15, 0.2) is 0 Å². The molecule has 0 aromatic heterocycles. The summed E-state index contributed by atoms with van der Waals surface area (Å²) in [5, 5.41) is 0. The molecule has 0 aliphatic carbocycles. The summed E-state index contributed by atoms with van der Waals surface area (Å²) in [5.41, 5.74) is 0. The van der Waals surface area contributed by atoms with E-state index in [-0.39, 0.29) is 6.10 Å². The summed E-state index contributed by atoms with van der Waals surface area (Å²) in [6.45, 7) is 4.62. The molecular weight excluding hydrogens is 220 g/mol. The van der Waals surface area contributed by atoms with Gasteiger partial charge in [-0.3, -0.25) is 0 Å². The third kappa shape index (κ3) is 3.42. The van der Waals surface area contributed by atoms with E-state index >= 15 is 0 Å². The summed E-state index contributed by atoms with van der Waals surface area (Å²) >= 11 is 3.52. The van der Waals surface area contributed by atoms with Crippen molar-refractivity contribution in [2.75, 3.05) is 19.8 Å². The number of unbranched alkanes of at least 4 members (excludes halogenated alkanes) is 2. The van der Waals surface area contributed by atoms with Crippen molar-refractivity contribution < 1.29 is 9.47 Å². The Kier molecular flexibility index (Phi) is 5.19. The Morgan fingerprint density at radius 1 is 1.42 bits per heavy atom. The van der Waals surface area contributed by atoms with Crippen molar-refractivity contribution in [3.63, 3.8) is 0 Å². The second kappa shape index (κ2) is 5.95. The summed E-state index contributed by atoms with van der Waals surface area (Å²) in [6, 6.07) is 0. The van der Waals surface area contributed by atoms with Gasteiger partial charge in [0.05, 0.1) is 24.1 Å². The highest BCUT2D eigenvalue weighted by molar-refractivity contribution is 9.09. The van der Waals surface area contributed by atoms with E-state index in [4.69, 9.17) is 9.47 Å². The number of hydrogen-bond acceptors (Lipinski definition) is 2. The molecule has 0 N–H and O–H groups in total. The van der Waals surface area contributed by atoms with Gasteiger partial charge in [-0.1, -0.05) is 35.7 Å². The van der Waals surface area contributed by atoms with E-state index in [1.54, 1.807) is 0 Å². The lowest BCUT2D eigenvalue weighted by Crippen LogP contribution is -2.22. The molecule has 1 heterocycles. The standard InChI is InChI=1S/C9H17BrO2/c1-2-3-4-5-12-9-7-11-6-8(9)10/h8-9H,2-7H2,1H3. The van der Waals surface area contributed by atoms with Gasteiger partial charge in [-0.2, -0.15) is 0 Å². The van der Waals surface area contributed by atoms with E-state index in [0.717, 1.165) is 19.8 Å². The van der Waals surface area contributed by atoms with Gasteiger partial charge in [-0.25, -0.2) is 0 Å². The second-order valence-corrected chi connectivity index (χ2v) is 4.35. The fourth-order valence-electron chi connectivity index (χ4n) is 1.25. The summed E-state index contributed by atoms with van der Waals surface area (Å²) in [7, 11) is 0. The van der Waals surface area contributed by atoms with Crippen LogP contribution >= 0.6 is 15.9 Å². The molecule has 0 bridgehead atoms. The quantitative estimate of drug-likeness (QED) is 0.539. The highest BCUT2D eigenvalue weighted by atomic mass is 79.9. The van der Waals surface area contributed by atoms with Gasteiger partial charge >= 0.3 is 0 Å². The molecule has 0 spiro atoms. The highest BCUT2D eigenvalue weighted by Crippen LogP contribution is 2.17. The lowest BCUT2D eigenvalue weighted by atomic mass is 10.2. The van der Waals surface area contributed by atoms with E-state index < -0.39 is 0 Å². The van der Waals surface area contributed by atoms with Crippen molar-refractivity contribution >= 4 is 15.9 Å². The third-order valence-corrected chi connectivity index (χ3v) is 2.90. The Labute approximate surface area is 82.7 Å². The van der Waals surface area contributed by atoms with E-state index in [1.807, 2.05) is 0 Å². The molecule has 1 saturated heterocycles. The van der Waals surface area contributed by atoms with E-state index in [0.29, 0.717) is 4.83 Å². The number of hydrogen-bond donors (Lipinski definition) is 0. The fourth-order valence-corrected chi connectivity index (χ4v) is 1.74. The van der Waals surface area contributed by atoms with Gasteiger partial charge in [0.1, 0.15) is 0 Å². The minimum atomic E-state index is 0.279. The number of halogens is 1. The summed E-state index contributed by atoms with van der Waals surface area (Å²) in [6.07, 6.45) is 3.97. The molecule has 1 aliphatic heterocycles. The molecule has 72 valence electrons. The first kappa shape index (κ1) is 10.5. The Hall–Kier alpha value is 0.400. The lowest BCUT2D eigenvalue weighted by Gasteiger charge is -2.12. The normalized spacial score (nSPS) is 29.5. The lowest BCUT2D eigenvalue weighted by molar-refractivity contribution is 0.0428. The van der Waals surface area contributed by atoms with Crippen LogP contribution in [0.5, 0.6) is 0 Å². The zero-order valence-corrected chi connectivity index (χ0v) is 9.18. The van der Waals surface area contributed by atoms with Crippen molar-refractivity contribution in [2.45, 2.75) is 37.1 Å². The average Bonchev–Trinajstić information content (AvgIpc) is 2.46. The van der Waals surface area contributed by atoms with Crippen LogP contribution in [-0.2, 0) is 9.47 Å². The molecule has 1 aliphatic rings. The largest absolute Gasteiger partial charge is 0.377 e. The van der Waals surface area contributed by atoms with Crippen molar-refractivity contribution in [1.82, 2.24) is 0 Å². The van der Waals surface area contributed by atoms with Crippen molar-refractivity contribution in [3.8, 4) is 0 Å². The first-order valence-corrected chi connectivity index (χ1v) is 5.59. The molecule has 2 unspecified atom stereocenters. The van der Waals surface area contributed by atoms with Crippen molar-refractivity contribution in [1.29, 1.82) is 0 Å². The zero-order chi connectivity index (χ0) is 8.81. The van der Waals surface area contributed by atoms with E-state index in [2.05, 4.69) is 22.9 Å². The summed E-state index contributed by atoms with van der Waals surface area (Å²) < 4.78 is 10.9. The van der Waals surface area contributed by atoms with Crippen LogP contribution in [0.3, 0.4) is 0 Å². The molecule has 0 aromatic carbocycles. The van der Waals surface area contributed by atoms with Crippen LogP contribution in [0.2, 0.25) is 0 Å². The molecule has 1 rings (SSSR count). The van der Waals surface area contributed by atoms with Gasteiger partial charge in [-0.05, 0) is 6.42 Å². The Balaban J connectivity index is 1.98. The highest BCUT2D eigenvalue weighted by Gasteiger charge is 2.25. The monoisotopic (exact) mass is 236 g/mol. The van der Waals surface area contributed by atoms with Crippen LogP contribution in [0.25, 0.3) is 0 Å². The molecule has 1 fully saturated rings. The number of rotatable bonds is 5. The van der Waals surface area contributed by atoms with Crippen molar-refractivity contribution in [3.05, 3.63) is 0 Å². The zero-order valence-electron chi connectivity index (χ0n) is 7.59. The molecule has 0 radical (unpaired) electrons. The van der Waals surface area contributed by atoms with Gasteiger partial charge in [0, 0.05) is 6.61 Å². The minimum Gasteiger partial charge on any atom is -0.377 e. The maximum atomic E-state index is 5.65. The van der Waals surface area contributed by atoms with Crippen LogP contribution in [0, 0.1) is 0 Å². The van der Waals surface area contributed by atoms with Crippen LogP contribution in [0.15, 0.2) is 0 Å². The average molecular weight is 237 g/mol. The summed E-state index contributed by atoms with van der Waals surface area (Å²) in [5.74, 6) is 0. The third-order valence-electron chi connectivity index (χ3n) is 2.04. The van der Waals surface area contributed by atoms with E-state index in [9.17, 15) is 0 Å². The predicted octanol–water partition coefficient (Wildman–Crippen LogP) is 2.36. The molecule has 0 aromatic rings. The first-order chi connectivity index (χ1) is 5.84. The van der Waals surface area contributed by atoms with Gasteiger partial charge in [0.2, 0.25) is 0 Å². The molecule has 3 heteroatoms. The topological polar surface area (TPSA) is 18.5 Å². The molecule has 2 nitrogen and oxygen atoms in total. The molecule has 0 saturated carbocycles. The Morgan fingerprint density at radius 2 is 2.25 bits per heavy atom. The smallest absolute Gasteiger partial charge is 0.0955 e. The van der Waals surface area contributed by atoms with E-state index in [1.165, 1.54) is 19.3 Å². The van der Waals surface area contributed by atoms with Crippen LogP contribution in [0.1, 0.15) is 26.2 Å². The second-order valence-electron chi connectivity index (χ2n) is 3.17. The van der Waals surface area contributed by atoms with Gasteiger partial charge < -0.3 is 9.47 Å². The fraction of sp³-hybridized carbons (Fsp3) is 1.00. The van der Waals surface area contributed by atoms with Crippen LogP contribution in [-0.4, -0.2) is 30.8 Å². The number of ether oxygens (including phenoxy) is 2. The van der Waals surface area contributed by atoms with Gasteiger partial charge in [0.25, 0.3) is 0 Å². The molecule has 2 atom stereocenters. The maximum absolute atomic E-state index is 5.65. The molecule has 12 heavy (non-hydrogen) atoms. The number of alkyl halides is 1. The molecular formula is C9H17BrO2. The Morgan fingerprint density at radius 3 is 2.83 bits per heavy atom. The minimum absolute atomic E-state index is 0.279. The van der Waals surface area contributed by atoms with Crippen molar-refractivity contribution in [2.24, 2.45) is 0 Å².